The second-order valence-electron chi connectivity index (χ2n) is 12.1. The molecule has 1 spiro atoms. The van der Waals surface area contributed by atoms with Gasteiger partial charge in [0.2, 0.25) is 5.78 Å². The van der Waals surface area contributed by atoms with Gasteiger partial charge < -0.3 is 36.6 Å². The van der Waals surface area contributed by atoms with Gasteiger partial charge in [0.25, 0.3) is 5.91 Å². The number of ketones is 3. The van der Waals surface area contributed by atoms with Gasteiger partial charge in [-0.3, -0.25) is 19.2 Å². The van der Waals surface area contributed by atoms with Gasteiger partial charge in [-0.1, -0.05) is 25.5 Å². The van der Waals surface area contributed by atoms with E-state index in [2.05, 4.69) is 19.9 Å². The quantitative estimate of drug-likeness (QED) is 0.231. The standard InChI is InChI=1S/C30H30N2O9/c1-10-6-5-7-28(2,3)29(10)9-11-14-16(12(33)8-13(41-4)19(14)29)22(34)17-15(11)23(35)20-21(31)24(36)18(27(32)39)26(38)30(20,40)25(17)37/h6,8,20-21,33-34,38,40H,5,7,9,31H2,1-4H3,(H2,32,39)/t20-,21+,29+,30+/m1/s1. The largest absolute Gasteiger partial charge is 0.508 e. The lowest BCUT2D eigenvalue weighted by atomic mass is 9.54. The van der Waals surface area contributed by atoms with Crippen LogP contribution in [0.4, 0.5) is 0 Å². The number of aromatic hydroxyl groups is 2. The summed E-state index contributed by atoms with van der Waals surface area (Å²) < 4.78 is 5.73. The number of ether oxygens (including phenoxy) is 1. The summed E-state index contributed by atoms with van der Waals surface area (Å²) in [5, 5.41) is 45.4. The van der Waals surface area contributed by atoms with E-state index in [1.54, 1.807) is 0 Å². The fourth-order valence-electron chi connectivity index (χ4n) is 8.02. The van der Waals surface area contributed by atoms with Crippen molar-refractivity contribution in [2.24, 2.45) is 22.8 Å². The third-order valence-corrected chi connectivity index (χ3v) is 10.0. The first-order chi connectivity index (χ1) is 19.1. The second kappa shape index (κ2) is 7.95. The number of phenolic OH excluding ortho intramolecular Hbond substituents is 2. The topological polar surface area (TPSA) is 210 Å². The number of aliphatic hydroxyl groups excluding tert-OH is 1. The van der Waals surface area contributed by atoms with Gasteiger partial charge in [-0.05, 0) is 37.2 Å². The van der Waals surface area contributed by atoms with Crippen LogP contribution in [0.1, 0.15) is 65.5 Å². The maximum absolute atomic E-state index is 14.3. The molecule has 0 bridgehead atoms. The first-order valence-electron chi connectivity index (χ1n) is 13.2. The van der Waals surface area contributed by atoms with Gasteiger partial charge in [0.1, 0.15) is 28.6 Å². The molecule has 4 aliphatic rings. The Bertz CT molecular complexity index is 1750. The van der Waals surface area contributed by atoms with E-state index in [1.807, 2.05) is 6.92 Å². The molecular weight excluding hydrogens is 532 g/mol. The number of methoxy groups -OCH3 is 1. The van der Waals surface area contributed by atoms with Gasteiger partial charge in [-0.25, -0.2) is 0 Å². The number of primary amides is 1. The number of Topliss-reactive ketones (excluding diaryl/α,β-unsaturated/α-hetero) is 3. The van der Waals surface area contributed by atoms with Crippen molar-refractivity contribution in [3.8, 4) is 17.2 Å². The molecule has 8 N–H and O–H groups in total. The van der Waals surface area contributed by atoms with Crippen LogP contribution in [0.3, 0.4) is 0 Å². The van der Waals surface area contributed by atoms with E-state index < -0.39 is 80.0 Å². The van der Waals surface area contributed by atoms with Crippen molar-refractivity contribution in [2.45, 2.75) is 57.1 Å². The van der Waals surface area contributed by atoms with Crippen molar-refractivity contribution >= 4 is 34.0 Å². The van der Waals surface area contributed by atoms with Gasteiger partial charge in [-0.15, -0.1) is 0 Å². The van der Waals surface area contributed by atoms with Crippen LogP contribution in [0, 0.1) is 11.3 Å². The lowest BCUT2D eigenvalue weighted by Gasteiger charge is -2.49. The number of hydrogen-bond acceptors (Lipinski definition) is 10. The van der Waals surface area contributed by atoms with E-state index in [0.29, 0.717) is 22.3 Å². The third kappa shape index (κ3) is 2.80. The smallest absolute Gasteiger partial charge is 0.255 e. The van der Waals surface area contributed by atoms with Crippen molar-refractivity contribution < 1.29 is 44.3 Å². The minimum absolute atomic E-state index is 0.126. The van der Waals surface area contributed by atoms with Crippen LogP contribution in [0.15, 0.2) is 29.0 Å². The molecule has 41 heavy (non-hydrogen) atoms. The molecule has 0 saturated carbocycles. The number of fused-ring (bicyclic) bond motifs is 4. The molecular formula is C30H30N2O9. The van der Waals surface area contributed by atoms with E-state index in [-0.39, 0.29) is 17.4 Å². The Morgan fingerprint density at radius 1 is 1.07 bits per heavy atom. The summed E-state index contributed by atoms with van der Waals surface area (Å²) >= 11 is 0. The van der Waals surface area contributed by atoms with E-state index >= 15 is 0 Å². The van der Waals surface area contributed by atoms with Crippen LogP contribution in [-0.2, 0) is 21.4 Å². The van der Waals surface area contributed by atoms with Gasteiger partial charge in [-0.2, -0.15) is 0 Å². The van der Waals surface area contributed by atoms with E-state index in [9.17, 15) is 39.6 Å². The SMILES string of the molecule is COc1cc(O)c2c(O)c3c(c4c2c1[C@]1(C4)C(C)=CCCC1(C)C)C(=O)[C@H]1[C@H](N)C(=O)C(C(N)=O)=C(O)[C@@]1(O)C3=O. The first-order valence-corrected chi connectivity index (χ1v) is 13.2. The van der Waals surface area contributed by atoms with Crippen LogP contribution in [0.5, 0.6) is 17.2 Å². The highest BCUT2D eigenvalue weighted by Crippen LogP contribution is 2.65. The summed E-state index contributed by atoms with van der Waals surface area (Å²) in [6.45, 7) is 6.12. The maximum Gasteiger partial charge on any atom is 0.255 e. The fourth-order valence-corrected chi connectivity index (χ4v) is 8.02. The minimum Gasteiger partial charge on any atom is -0.508 e. The number of carbonyl (C=O) groups is 4. The van der Waals surface area contributed by atoms with Crippen molar-refractivity contribution in [3.05, 3.63) is 51.3 Å². The molecule has 0 radical (unpaired) electrons. The molecule has 4 atom stereocenters. The van der Waals surface area contributed by atoms with E-state index in [1.165, 1.54) is 13.2 Å². The molecule has 6 rings (SSSR count). The highest BCUT2D eigenvalue weighted by Gasteiger charge is 2.66. The third-order valence-electron chi connectivity index (χ3n) is 10.0. The minimum atomic E-state index is -3.15. The van der Waals surface area contributed by atoms with Gasteiger partial charge in [0, 0.05) is 28.0 Å². The average molecular weight is 563 g/mol. The van der Waals surface area contributed by atoms with E-state index in [4.69, 9.17) is 16.2 Å². The predicted octanol–water partition coefficient (Wildman–Crippen LogP) is 1.75. The molecule has 214 valence electrons. The summed E-state index contributed by atoms with van der Waals surface area (Å²) in [6, 6.07) is -0.558. The Kier molecular flexibility index (Phi) is 5.23. The number of hydrogen-bond donors (Lipinski definition) is 6. The highest BCUT2D eigenvalue weighted by molar-refractivity contribution is 6.31. The Morgan fingerprint density at radius 3 is 2.32 bits per heavy atom. The number of carbonyl (C=O) groups excluding carboxylic acids is 4. The molecule has 11 heteroatoms. The lowest BCUT2D eigenvalue weighted by Crippen LogP contribution is -2.66. The van der Waals surface area contributed by atoms with Gasteiger partial charge in [0.05, 0.1) is 30.0 Å². The Labute approximate surface area is 234 Å². The Hall–Kier alpha value is -4.22. The number of benzene rings is 2. The van der Waals surface area contributed by atoms with Crippen LogP contribution in [-0.4, -0.2) is 62.4 Å². The molecule has 0 saturated heterocycles. The summed E-state index contributed by atoms with van der Waals surface area (Å²) in [5.74, 6) is -9.25. The normalized spacial score (nSPS) is 30.0. The zero-order valence-corrected chi connectivity index (χ0v) is 22.9. The fraction of sp³-hybridized carbons (Fsp3) is 0.400. The lowest BCUT2D eigenvalue weighted by molar-refractivity contribution is -0.126. The molecule has 0 heterocycles. The van der Waals surface area contributed by atoms with Crippen LogP contribution < -0.4 is 16.2 Å². The van der Waals surface area contributed by atoms with Gasteiger partial charge >= 0.3 is 0 Å². The molecule has 0 aliphatic heterocycles. The van der Waals surface area contributed by atoms with Crippen LogP contribution in [0.25, 0.3) is 10.8 Å². The molecule has 11 nitrogen and oxygen atoms in total. The summed E-state index contributed by atoms with van der Waals surface area (Å²) in [4.78, 5) is 53.4. The van der Waals surface area contributed by atoms with Crippen molar-refractivity contribution in [1.29, 1.82) is 0 Å². The number of nitrogens with two attached hydrogens (primary N) is 2. The number of allylic oxidation sites excluding steroid dienone is 2. The molecule has 1 amide bonds. The first kappa shape index (κ1) is 27.0. The number of amides is 1. The molecule has 0 fully saturated rings. The average Bonchev–Trinajstić information content (AvgIpc) is 3.25. The maximum atomic E-state index is 14.3. The van der Waals surface area contributed by atoms with Crippen LogP contribution >= 0.6 is 0 Å². The molecule has 0 aromatic heterocycles. The van der Waals surface area contributed by atoms with Crippen molar-refractivity contribution in [1.82, 2.24) is 0 Å². The zero-order chi connectivity index (χ0) is 30.1. The summed E-state index contributed by atoms with van der Waals surface area (Å²) in [6.07, 6.45) is 3.85. The monoisotopic (exact) mass is 562 g/mol. The molecule has 2 aromatic carbocycles. The molecule has 4 aliphatic carbocycles. The second-order valence-corrected chi connectivity index (χ2v) is 12.1. The highest BCUT2D eigenvalue weighted by atomic mass is 16.5. The van der Waals surface area contributed by atoms with E-state index in [0.717, 1.165) is 18.4 Å². The zero-order valence-electron chi connectivity index (χ0n) is 22.9. The predicted molar refractivity (Wildman–Crippen MR) is 145 cm³/mol. The summed E-state index contributed by atoms with van der Waals surface area (Å²) in [7, 11) is 1.45. The molecule has 0 unspecified atom stereocenters. The summed E-state index contributed by atoms with van der Waals surface area (Å²) in [5.41, 5.74) is 6.94. The molecule has 2 aromatic rings. The Balaban J connectivity index is 1.79. The number of aliphatic hydroxyl groups is 2. The van der Waals surface area contributed by atoms with Crippen LogP contribution in [0.2, 0.25) is 0 Å². The number of phenols is 2. The van der Waals surface area contributed by atoms with Gasteiger partial charge in [0.15, 0.2) is 17.2 Å². The number of rotatable bonds is 2. The Morgan fingerprint density at radius 2 is 1.73 bits per heavy atom. The van der Waals surface area contributed by atoms with Crippen molar-refractivity contribution in [2.75, 3.05) is 7.11 Å². The van der Waals surface area contributed by atoms with Crippen molar-refractivity contribution in [3.63, 3.8) is 0 Å².